The van der Waals surface area contributed by atoms with Crippen molar-refractivity contribution in [2.75, 3.05) is 0 Å². The number of hydrogen-bond acceptors (Lipinski definition) is 2. The van der Waals surface area contributed by atoms with Crippen LogP contribution in [0.2, 0.25) is 0 Å². The summed E-state index contributed by atoms with van der Waals surface area (Å²) in [7, 11) is -3.59. The van der Waals surface area contributed by atoms with Crippen molar-refractivity contribution in [2.45, 2.75) is 11.4 Å². The first kappa shape index (κ1) is 9.18. The Bertz CT molecular complexity index is 355. The molecule has 0 atom stereocenters. The highest BCUT2D eigenvalue weighted by molar-refractivity contribution is 7.89. The van der Waals surface area contributed by atoms with Gasteiger partial charge in [0.15, 0.2) is 0 Å². The van der Waals surface area contributed by atoms with E-state index in [0.717, 1.165) is 5.56 Å². The zero-order valence-corrected chi connectivity index (χ0v) is 7.14. The fourth-order valence-corrected chi connectivity index (χ4v) is 1.31. The van der Waals surface area contributed by atoms with Crippen LogP contribution in [0.25, 0.3) is 0 Å². The van der Waals surface area contributed by atoms with Gasteiger partial charge in [0.1, 0.15) is 0 Å². The van der Waals surface area contributed by atoms with E-state index in [9.17, 15) is 8.42 Å². The molecule has 0 heterocycles. The number of rotatable bonds is 2. The summed E-state index contributed by atoms with van der Waals surface area (Å²) in [5.41, 5.74) is 7.76. The van der Waals surface area contributed by atoms with Gasteiger partial charge in [-0.15, -0.1) is 0 Å². The molecule has 0 aromatic heterocycles. The molecule has 0 spiro atoms. The number of sulfonamides is 1. The van der Waals surface area contributed by atoms with Crippen LogP contribution in [0.4, 0.5) is 0 Å². The Morgan fingerprint density at radius 1 is 1.25 bits per heavy atom. The maximum Gasteiger partial charge on any atom is 0.238 e. The van der Waals surface area contributed by atoms with Gasteiger partial charge in [0, 0.05) is 6.54 Å². The highest BCUT2D eigenvalue weighted by atomic mass is 32.2. The lowest BCUT2D eigenvalue weighted by Crippen LogP contribution is -2.11. The summed E-state index contributed by atoms with van der Waals surface area (Å²) in [6, 6.07) is 5.96. The summed E-state index contributed by atoms with van der Waals surface area (Å²) in [6.45, 7) is 0.144. The molecule has 1 radical (unpaired) electrons. The van der Waals surface area contributed by atoms with Gasteiger partial charge in [0.25, 0.3) is 0 Å². The first-order chi connectivity index (χ1) is 5.54. The van der Waals surface area contributed by atoms with Crippen LogP contribution in [0, 0.1) is 0 Å². The average Bonchev–Trinajstić information content (AvgIpc) is 2.03. The van der Waals surface area contributed by atoms with E-state index in [1.807, 2.05) is 0 Å². The zero-order valence-electron chi connectivity index (χ0n) is 6.32. The first-order valence-corrected chi connectivity index (χ1v) is 4.85. The van der Waals surface area contributed by atoms with Gasteiger partial charge in [-0.1, -0.05) is 12.1 Å². The van der Waals surface area contributed by atoms with Gasteiger partial charge < -0.3 is 0 Å². The van der Waals surface area contributed by atoms with Crippen LogP contribution in [0.3, 0.4) is 0 Å². The normalized spacial score (nSPS) is 11.5. The molecular formula is C7H9N2O2S. The third-order valence-electron chi connectivity index (χ3n) is 1.46. The van der Waals surface area contributed by atoms with Crippen LogP contribution in [0.1, 0.15) is 5.56 Å². The van der Waals surface area contributed by atoms with Crippen molar-refractivity contribution >= 4 is 10.0 Å². The highest BCUT2D eigenvalue weighted by Gasteiger charge is 2.05. The van der Waals surface area contributed by atoms with Crippen molar-refractivity contribution in [2.24, 2.45) is 5.14 Å². The standard InChI is InChI=1S/C7H9N2O2S/c8-5-6-1-3-7(4-2-6)12(9,10)11/h1-4,8H,5H2,(H2,9,10,11). The molecule has 65 valence electrons. The molecule has 1 aromatic rings. The lowest BCUT2D eigenvalue weighted by molar-refractivity contribution is 0.598. The Balaban J connectivity index is 3.09. The Morgan fingerprint density at radius 2 is 1.75 bits per heavy atom. The van der Waals surface area contributed by atoms with E-state index in [4.69, 9.17) is 10.9 Å². The molecule has 0 fully saturated rings. The van der Waals surface area contributed by atoms with Crippen molar-refractivity contribution in [3.63, 3.8) is 0 Å². The van der Waals surface area contributed by atoms with Crippen LogP contribution in [0.15, 0.2) is 29.2 Å². The van der Waals surface area contributed by atoms with E-state index < -0.39 is 10.0 Å². The van der Waals surface area contributed by atoms with Crippen molar-refractivity contribution in [3.05, 3.63) is 29.8 Å². The molecule has 0 aliphatic heterocycles. The molecule has 12 heavy (non-hydrogen) atoms. The monoisotopic (exact) mass is 185 g/mol. The zero-order chi connectivity index (χ0) is 9.19. The van der Waals surface area contributed by atoms with Crippen molar-refractivity contribution in [1.29, 1.82) is 0 Å². The minimum atomic E-state index is -3.59. The summed E-state index contributed by atoms with van der Waals surface area (Å²) in [5.74, 6) is 0. The van der Waals surface area contributed by atoms with E-state index in [0.29, 0.717) is 0 Å². The molecule has 0 saturated carbocycles. The molecule has 0 bridgehead atoms. The largest absolute Gasteiger partial charge is 0.253 e. The number of hydrogen-bond donors (Lipinski definition) is 1. The van der Waals surface area contributed by atoms with Crippen molar-refractivity contribution < 1.29 is 8.42 Å². The van der Waals surface area contributed by atoms with Crippen molar-refractivity contribution in [3.8, 4) is 0 Å². The number of benzene rings is 1. The minimum Gasteiger partial charge on any atom is -0.253 e. The Morgan fingerprint density at radius 3 is 2.08 bits per heavy atom. The van der Waals surface area contributed by atoms with E-state index in [-0.39, 0.29) is 11.4 Å². The highest BCUT2D eigenvalue weighted by Crippen LogP contribution is 2.07. The molecule has 0 aliphatic rings. The SMILES string of the molecule is [NH]Cc1ccc(S(N)(=O)=O)cc1. The van der Waals surface area contributed by atoms with E-state index in [2.05, 4.69) is 0 Å². The second kappa shape index (κ2) is 3.22. The molecule has 0 unspecified atom stereocenters. The predicted octanol–water partition coefficient (Wildman–Crippen LogP) is 0.117. The molecule has 1 aromatic carbocycles. The number of nitrogens with two attached hydrogens (primary N) is 1. The molecule has 0 aliphatic carbocycles. The topological polar surface area (TPSA) is 84.0 Å². The van der Waals surface area contributed by atoms with Gasteiger partial charge in [-0.25, -0.2) is 13.6 Å². The maximum absolute atomic E-state index is 10.8. The van der Waals surface area contributed by atoms with Gasteiger partial charge in [0.2, 0.25) is 10.0 Å². The summed E-state index contributed by atoms with van der Waals surface area (Å²) in [4.78, 5) is 0.0831. The van der Waals surface area contributed by atoms with Crippen molar-refractivity contribution in [1.82, 2.24) is 5.73 Å². The van der Waals surface area contributed by atoms with Crippen LogP contribution >= 0.6 is 0 Å². The average molecular weight is 185 g/mol. The van der Waals surface area contributed by atoms with Gasteiger partial charge in [-0.3, -0.25) is 5.73 Å². The molecule has 4 nitrogen and oxygen atoms in total. The summed E-state index contributed by atoms with van der Waals surface area (Å²) in [5, 5.41) is 4.87. The number of nitrogens with one attached hydrogen (secondary N) is 1. The second-order valence-corrected chi connectivity index (χ2v) is 3.93. The Hall–Kier alpha value is -0.910. The lowest BCUT2D eigenvalue weighted by Gasteiger charge is -1.98. The third kappa shape index (κ3) is 2.04. The summed E-state index contributed by atoms with van der Waals surface area (Å²) >= 11 is 0. The van der Waals surface area contributed by atoms with Gasteiger partial charge in [-0.2, -0.15) is 0 Å². The fraction of sp³-hybridized carbons (Fsp3) is 0.143. The summed E-state index contributed by atoms with van der Waals surface area (Å²) in [6.07, 6.45) is 0. The minimum absolute atomic E-state index is 0.0831. The number of primary sulfonamides is 1. The molecule has 1 rings (SSSR count). The quantitative estimate of drug-likeness (QED) is 0.709. The third-order valence-corrected chi connectivity index (χ3v) is 2.39. The van der Waals surface area contributed by atoms with E-state index in [1.54, 1.807) is 12.1 Å². The predicted molar refractivity (Wildman–Crippen MR) is 44.6 cm³/mol. The molecule has 0 saturated heterocycles. The fourth-order valence-electron chi connectivity index (χ4n) is 0.797. The lowest BCUT2D eigenvalue weighted by atomic mass is 10.2. The Labute approximate surface area is 71.2 Å². The Kier molecular flexibility index (Phi) is 2.46. The first-order valence-electron chi connectivity index (χ1n) is 3.30. The van der Waals surface area contributed by atoms with E-state index >= 15 is 0 Å². The molecular weight excluding hydrogens is 176 g/mol. The maximum atomic E-state index is 10.8. The molecule has 0 amide bonds. The van der Waals surface area contributed by atoms with Gasteiger partial charge in [-0.05, 0) is 17.7 Å². The van der Waals surface area contributed by atoms with E-state index in [1.165, 1.54) is 12.1 Å². The van der Waals surface area contributed by atoms with Gasteiger partial charge in [0.05, 0.1) is 4.90 Å². The van der Waals surface area contributed by atoms with Crippen LogP contribution < -0.4 is 10.9 Å². The van der Waals surface area contributed by atoms with Crippen LogP contribution in [-0.4, -0.2) is 8.42 Å². The second-order valence-electron chi connectivity index (χ2n) is 2.37. The molecule has 3 N–H and O–H groups in total. The smallest absolute Gasteiger partial charge is 0.238 e. The van der Waals surface area contributed by atoms with Crippen LogP contribution in [-0.2, 0) is 16.6 Å². The molecule has 5 heteroatoms. The van der Waals surface area contributed by atoms with Crippen LogP contribution in [0.5, 0.6) is 0 Å². The summed E-state index contributed by atoms with van der Waals surface area (Å²) < 4.78 is 21.5. The van der Waals surface area contributed by atoms with Gasteiger partial charge >= 0.3 is 0 Å².